The molecule has 0 aliphatic heterocycles. The number of nitrogens with zero attached hydrogens (tertiary/aromatic N) is 4. The highest BCUT2D eigenvalue weighted by molar-refractivity contribution is 7.91. The lowest BCUT2D eigenvalue weighted by Gasteiger charge is -2.09. The van der Waals surface area contributed by atoms with Crippen molar-refractivity contribution in [3.05, 3.63) is 55.7 Å². The Morgan fingerprint density at radius 2 is 1.90 bits per heavy atom. The predicted octanol–water partition coefficient (Wildman–Crippen LogP) is -0.126. The second-order valence-corrected chi connectivity index (χ2v) is 10.0. The summed E-state index contributed by atoms with van der Waals surface area (Å²) in [5, 5.41) is 2.83. The minimum absolute atomic E-state index is 0.121. The molecule has 0 radical (unpaired) electrons. The number of thiophene rings is 1. The molecule has 1 amide bonds. The van der Waals surface area contributed by atoms with Gasteiger partial charge < -0.3 is 5.32 Å². The molecule has 0 aliphatic rings. The van der Waals surface area contributed by atoms with Gasteiger partial charge in [0.25, 0.3) is 21.5 Å². The fourth-order valence-electron chi connectivity index (χ4n) is 2.63. The van der Waals surface area contributed by atoms with Gasteiger partial charge in [-0.25, -0.2) is 22.5 Å². The molecule has 0 aliphatic carbocycles. The average molecular weight is 438 g/mol. The normalized spacial score (nSPS) is 11.9. The van der Waals surface area contributed by atoms with Gasteiger partial charge in [-0.15, -0.1) is 11.3 Å². The summed E-state index contributed by atoms with van der Waals surface area (Å²) in [6, 6.07) is 4.50. The van der Waals surface area contributed by atoms with Gasteiger partial charge in [-0.1, -0.05) is 0 Å². The molecule has 0 atom stereocenters. The van der Waals surface area contributed by atoms with Crippen LogP contribution in [0.25, 0.3) is 11.0 Å². The molecular formula is C17H19N5O5S2. The standard InChI is InChI=1S/C17H19N5O5S2/c1-20(2)29(26,27)13-6-5-11(28-13)9-19-15(23)10-7-12-14(18-8-10)21(3)17(25)22(4)16(12)24/h5-8H,9H2,1-4H3,(H,19,23). The monoisotopic (exact) mass is 437 g/mol. The highest BCUT2D eigenvalue weighted by Gasteiger charge is 2.20. The summed E-state index contributed by atoms with van der Waals surface area (Å²) in [6.07, 6.45) is 1.28. The molecule has 154 valence electrons. The third-order valence-corrected chi connectivity index (χ3v) is 7.72. The molecule has 12 heteroatoms. The number of hydrogen-bond donors (Lipinski definition) is 1. The zero-order valence-electron chi connectivity index (χ0n) is 16.2. The summed E-state index contributed by atoms with van der Waals surface area (Å²) in [7, 11) is 2.22. The van der Waals surface area contributed by atoms with E-state index < -0.39 is 27.2 Å². The Balaban J connectivity index is 1.84. The van der Waals surface area contributed by atoms with E-state index >= 15 is 0 Å². The predicted molar refractivity (Wildman–Crippen MR) is 109 cm³/mol. The van der Waals surface area contributed by atoms with Crippen molar-refractivity contribution in [3.8, 4) is 0 Å². The van der Waals surface area contributed by atoms with E-state index in [0.717, 1.165) is 20.2 Å². The van der Waals surface area contributed by atoms with Crippen LogP contribution in [-0.4, -0.2) is 46.8 Å². The Hall–Kier alpha value is -2.83. The number of hydrogen-bond acceptors (Lipinski definition) is 7. The molecule has 0 unspecified atom stereocenters. The van der Waals surface area contributed by atoms with Crippen molar-refractivity contribution < 1.29 is 13.2 Å². The van der Waals surface area contributed by atoms with Crippen molar-refractivity contribution in [2.45, 2.75) is 10.8 Å². The van der Waals surface area contributed by atoms with Crippen LogP contribution < -0.4 is 16.6 Å². The van der Waals surface area contributed by atoms with Crippen molar-refractivity contribution in [3.63, 3.8) is 0 Å². The number of rotatable bonds is 5. The van der Waals surface area contributed by atoms with E-state index in [1.165, 1.54) is 51.1 Å². The summed E-state index contributed by atoms with van der Waals surface area (Å²) in [4.78, 5) is 41.5. The first-order valence-corrected chi connectivity index (χ1v) is 10.6. The lowest BCUT2D eigenvalue weighted by Crippen LogP contribution is -2.37. The van der Waals surface area contributed by atoms with E-state index in [2.05, 4.69) is 10.3 Å². The molecule has 0 spiro atoms. The van der Waals surface area contributed by atoms with Crippen LogP contribution in [0.15, 0.2) is 38.2 Å². The van der Waals surface area contributed by atoms with Gasteiger partial charge in [-0.2, -0.15) is 0 Å². The second-order valence-electron chi connectivity index (χ2n) is 6.49. The van der Waals surface area contributed by atoms with Gasteiger partial charge in [0.2, 0.25) is 0 Å². The largest absolute Gasteiger partial charge is 0.347 e. The van der Waals surface area contributed by atoms with Crippen molar-refractivity contribution in [2.24, 2.45) is 14.1 Å². The van der Waals surface area contributed by atoms with Crippen LogP contribution in [0.3, 0.4) is 0 Å². The SMILES string of the molecule is CN(C)S(=O)(=O)c1ccc(CNC(=O)c2cnc3c(c2)c(=O)n(C)c(=O)n3C)s1. The molecule has 3 rings (SSSR count). The first kappa shape index (κ1) is 20.9. The summed E-state index contributed by atoms with van der Waals surface area (Å²) in [5.74, 6) is -0.472. The molecule has 29 heavy (non-hydrogen) atoms. The van der Waals surface area contributed by atoms with Crippen LogP contribution >= 0.6 is 11.3 Å². The highest BCUT2D eigenvalue weighted by atomic mass is 32.2. The number of sulfonamides is 1. The van der Waals surface area contributed by atoms with Crippen LogP contribution in [0.1, 0.15) is 15.2 Å². The molecule has 0 fully saturated rings. The van der Waals surface area contributed by atoms with Gasteiger partial charge in [-0.05, 0) is 18.2 Å². The summed E-state index contributed by atoms with van der Waals surface area (Å²) < 4.78 is 27.7. The van der Waals surface area contributed by atoms with E-state index in [-0.39, 0.29) is 27.4 Å². The number of carbonyl (C=O) groups excluding carboxylic acids is 1. The number of pyridine rings is 1. The number of aromatic nitrogens is 3. The quantitative estimate of drug-likeness (QED) is 0.593. The molecule has 1 N–H and O–H groups in total. The minimum atomic E-state index is -3.52. The van der Waals surface area contributed by atoms with Crippen LogP contribution in [0.4, 0.5) is 0 Å². The van der Waals surface area contributed by atoms with Crippen LogP contribution in [-0.2, 0) is 30.7 Å². The summed E-state index contributed by atoms with van der Waals surface area (Å²) in [6.45, 7) is 0.121. The number of aryl methyl sites for hydroxylation is 1. The van der Waals surface area contributed by atoms with Crippen LogP contribution in [0, 0.1) is 0 Å². The van der Waals surface area contributed by atoms with E-state index in [1.807, 2.05) is 0 Å². The first-order chi connectivity index (χ1) is 13.5. The fraction of sp³-hybridized carbons (Fsp3) is 0.294. The molecular weight excluding hydrogens is 418 g/mol. The lowest BCUT2D eigenvalue weighted by molar-refractivity contribution is 0.0951. The third kappa shape index (κ3) is 3.73. The zero-order chi connectivity index (χ0) is 21.5. The third-order valence-electron chi connectivity index (χ3n) is 4.35. The van der Waals surface area contributed by atoms with E-state index in [1.54, 1.807) is 6.07 Å². The molecule has 0 bridgehead atoms. The smallest absolute Gasteiger partial charge is 0.332 e. The van der Waals surface area contributed by atoms with Crippen LogP contribution in [0.5, 0.6) is 0 Å². The fourth-order valence-corrected chi connectivity index (χ4v) is 5.10. The molecule has 3 aromatic heterocycles. The Kier molecular flexibility index (Phi) is 5.43. The zero-order valence-corrected chi connectivity index (χ0v) is 17.8. The number of fused-ring (bicyclic) bond motifs is 1. The molecule has 0 saturated heterocycles. The Morgan fingerprint density at radius 3 is 2.55 bits per heavy atom. The highest BCUT2D eigenvalue weighted by Crippen LogP contribution is 2.23. The minimum Gasteiger partial charge on any atom is -0.347 e. The maximum Gasteiger partial charge on any atom is 0.332 e. The van der Waals surface area contributed by atoms with Gasteiger partial charge in [0, 0.05) is 39.3 Å². The first-order valence-electron chi connectivity index (χ1n) is 8.39. The summed E-state index contributed by atoms with van der Waals surface area (Å²) in [5.41, 5.74) is -0.701. The molecule has 3 heterocycles. The topological polar surface area (TPSA) is 123 Å². The van der Waals surface area contributed by atoms with Crippen molar-refractivity contribution in [1.29, 1.82) is 0 Å². The van der Waals surface area contributed by atoms with E-state index in [0.29, 0.717) is 4.88 Å². The van der Waals surface area contributed by atoms with Crippen LogP contribution in [0.2, 0.25) is 0 Å². The maximum atomic E-state index is 12.5. The number of carbonyl (C=O) groups is 1. The molecule has 0 aromatic carbocycles. The molecule has 3 aromatic rings. The average Bonchev–Trinajstić information content (AvgIpc) is 3.18. The van der Waals surface area contributed by atoms with E-state index in [9.17, 15) is 22.8 Å². The van der Waals surface area contributed by atoms with Gasteiger partial charge in [0.05, 0.1) is 17.5 Å². The van der Waals surface area contributed by atoms with Crippen molar-refractivity contribution >= 4 is 38.3 Å². The maximum absolute atomic E-state index is 12.5. The Labute approximate surface area is 170 Å². The van der Waals surface area contributed by atoms with Crippen molar-refractivity contribution in [1.82, 2.24) is 23.7 Å². The van der Waals surface area contributed by atoms with Gasteiger partial charge >= 0.3 is 5.69 Å². The number of amides is 1. The number of nitrogens with one attached hydrogen (secondary N) is 1. The molecule has 0 saturated carbocycles. The molecule has 10 nitrogen and oxygen atoms in total. The van der Waals surface area contributed by atoms with Gasteiger partial charge in [0.15, 0.2) is 0 Å². The van der Waals surface area contributed by atoms with Gasteiger partial charge in [0.1, 0.15) is 9.86 Å². The Bertz CT molecular complexity index is 1330. The van der Waals surface area contributed by atoms with Gasteiger partial charge in [-0.3, -0.25) is 18.7 Å². The lowest BCUT2D eigenvalue weighted by atomic mass is 10.2. The summed E-state index contributed by atoms with van der Waals surface area (Å²) >= 11 is 1.06. The van der Waals surface area contributed by atoms with Crippen molar-refractivity contribution in [2.75, 3.05) is 14.1 Å². The van der Waals surface area contributed by atoms with E-state index in [4.69, 9.17) is 0 Å². The second kappa shape index (κ2) is 7.54. The Morgan fingerprint density at radius 1 is 1.21 bits per heavy atom.